The van der Waals surface area contributed by atoms with Crippen LogP contribution in [-0.4, -0.2) is 9.55 Å². The summed E-state index contributed by atoms with van der Waals surface area (Å²) in [5.74, 6) is 0. The summed E-state index contributed by atoms with van der Waals surface area (Å²) in [5, 5.41) is 10.1. The lowest BCUT2D eigenvalue weighted by Gasteiger charge is -2.07. The maximum Gasteiger partial charge on any atom is 0.141 e. The van der Waals surface area contributed by atoms with E-state index in [4.69, 9.17) is 5.26 Å². The quantitative estimate of drug-likeness (QED) is 0.706. The van der Waals surface area contributed by atoms with Crippen LogP contribution in [-0.2, 0) is 7.05 Å². The second kappa shape index (κ2) is 4.67. The molecule has 20 heavy (non-hydrogen) atoms. The number of pyridine rings is 1. The molecule has 0 spiro atoms. The number of aromatic nitrogens is 2. The highest BCUT2D eigenvalue weighted by Gasteiger charge is 2.06. The third kappa shape index (κ3) is 1.98. The molecule has 3 aromatic rings. The van der Waals surface area contributed by atoms with Crippen LogP contribution in [0.3, 0.4) is 0 Å². The lowest BCUT2D eigenvalue weighted by Crippen LogP contribution is -1.90. The van der Waals surface area contributed by atoms with E-state index in [9.17, 15) is 0 Å². The summed E-state index contributed by atoms with van der Waals surface area (Å²) in [5.41, 5.74) is 4.47. The molecule has 0 aliphatic heterocycles. The first-order chi connectivity index (χ1) is 9.69. The fourth-order valence-electron chi connectivity index (χ4n) is 2.32. The van der Waals surface area contributed by atoms with E-state index >= 15 is 0 Å². The fraction of sp³-hybridized carbons (Fsp3) is 0.0588. The normalized spacial score (nSPS) is 10.4. The van der Waals surface area contributed by atoms with E-state index in [2.05, 4.69) is 46.5 Å². The lowest BCUT2D eigenvalue weighted by atomic mass is 9.99. The number of nitrogens with zero attached hydrogens (tertiary/aromatic N) is 3. The minimum atomic E-state index is 0.407. The molecular weight excluding hydrogens is 246 g/mol. The zero-order valence-corrected chi connectivity index (χ0v) is 11.2. The van der Waals surface area contributed by atoms with Gasteiger partial charge in [-0.15, -0.1) is 0 Å². The molecule has 0 atom stereocenters. The van der Waals surface area contributed by atoms with Crippen LogP contribution in [0.25, 0.3) is 16.5 Å². The molecule has 0 unspecified atom stereocenters. The van der Waals surface area contributed by atoms with Crippen molar-refractivity contribution in [3.05, 3.63) is 72.2 Å². The van der Waals surface area contributed by atoms with Crippen LogP contribution in [0.5, 0.6) is 0 Å². The first kappa shape index (κ1) is 12.2. The molecular formula is C17H13N3. The molecule has 3 nitrogen and oxygen atoms in total. The molecule has 0 aliphatic rings. The van der Waals surface area contributed by atoms with Crippen molar-refractivity contribution in [3.8, 4) is 6.07 Å². The largest absolute Gasteiger partial charge is 0.351 e. The van der Waals surface area contributed by atoms with Crippen LogP contribution in [0.4, 0.5) is 0 Å². The number of nitriles is 1. The molecule has 3 heteroatoms. The molecule has 0 saturated heterocycles. The molecule has 0 bridgehead atoms. The monoisotopic (exact) mass is 259 g/mol. The molecule has 2 aromatic heterocycles. The van der Waals surface area contributed by atoms with Crippen LogP contribution in [0, 0.1) is 11.3 Å². The third-order valence-corrected chi connectivity index (χ3v) is 3.46. The van der Waals surface area contributed by atoms with Crippen molar-refractivity contribution in [2.24, 2.45) is 7.05 Å². The van der Waals surface area contributed by atoms with E-state index in [1.807, 2.05) is 19.3 Å². The number of hydrogen-bond donors (Lipinski definition) is 0. The standard InChI is InChI=1S/C17H13N3/c1-12(14-5-7-19-16(10-14)11-18)13-3-4-17-15(9-13)6-8-20(17)2/h3-10H,1H2,2H3. The summed E-state index contributed by atoms with van der Waals surface area (Å²) in [6.45, 7) is 4.14. The van der Waals surface area contributed by atoms with Crippen LogP contribution >= 0.6 is 0 Å². The lowest BCUT2D eigenvalue weighted by molar-refractivity contribution is 0.969. The number of aryl methyl sites for hydroxylation is 1. The van der Waals surface area contributed by atoms with Crippen LogP contribution < -0.4 is 0 Å². The smallest absolute Gasteiger partial charge is 0.141 e. The summed E-state index contributed by atoms with van der Waals surface area (Å²) in [6.07, 6.45) is 3.68. The predicted octanol–water partition coefficient (Wildman–Crippen LogP) is 3.51. The highest BCUT2D eigenvalue weighted by Crippen LogP contribution is 2.25. The first-order valence-electron chi connectivity index (χ1n) is 6.30. The van der Waals surface area contributed by atoms with E-state index in [0.29, 0.717) is 5.69 Å². The minimum Gasteiger partial charge on any atom is -0.351 e. The molecule has 3 rings (SSSR count). The summed E-state index contributed by atoms with van der Waals surface area (Å²) in [7, 11) is 2.03. The van der Waals surface area contributed by atoms with Crippen molar-refractivity contribution in [3.63, 3.8) is 0 Å². The average Bonchev–Trinajstić information content (AvgIpc) is 2.87. The zero-order valence-electron chi connectivity index (χ0n) is 11.2. The van der Waals surface area contributed by atoms with Crippen LogP contribution in [0.1, 0.15) is 16.8 Å². The molecule has 96 valence electrons. The molecule has 1 aromatic carbocycles. The highest BCUT2D eigenvalue weighted by molar-refractivity contribution is 5.87. The Bertz CT molecular complexity index is 850. The van der Waals surface area contributed by atoms with Gasteiger partial charge in [-0.05, 0) is 47.0 Å². The molecule has 0 N–H and O–H groups in total. The Morgan fingerprint density at radius 2 is 2.00 bits per heavy atom. The maximum atomic E-state index is 8.91. The summed E-state index contributed by atoms with van der Waals surface area (Å²) >= 11 is 0. The van der Waals surface area contributed by atoms with Gasteiger partial charge in [0.25, 0.3) is 0 Å². The Labute approximate surface area is 117 Å². The number of rotatable bonds is 2. The van der Waals surface area contributed by atoms with Gasteiger partial charge in [0.05, 0.1) is 0 Å². The van der Waals surface area contributed by atoms with Gasteiger partial charge in [0.15, 0.2) is 0 Å². The SMILES string of the molecule is C=C(c1ccnc(C#N)c1)c1ccc2c(ccn2C)c1. The Morgan fingerprint density at radius 3 is 2.80 bits per heavy atom. The van der Waals surface area contributed by atoms with Crippen molar-refractivity contribution in [2.75, 3.05) is 0 Å². The minimum absolute atomic E-state index is 0.407. The summed E-state index contributed by atoms with van der Waals surface area (Å²) in [6, 6.07) is 14.0. The Balaban J connectivity index is 2.05. The molecule has 0 saturated carbocycles. The topological polar surface area (TPSA) is 41.6 Å². The van der Waals surface area contributed by atoms with Gasteiger partial charge in [0.2, 0.25) is 0 Å². The Kier molecular flexibility index (Phi) is 2.85. The van der Waals surface area contributed by atoms with Gasteiger partial charge in [-0.1, -0.05) is 12.6 Å². The van der Waals surface area contributed by atoms with Crippen molar-refractivity contribution < 1.29 is 0 Å². The van der Waals surface area contributed by atoms with Gasteiger partial charge >= 0.3 is 0 Å². The predicted molar refractivity (Wildman–Crippen MR) is 80.0 cm³/mol. The van der Waals surface area contributed by atoms with Gasteiger partial charge in [-0.3, -0.25) is 0 Å². The second-order valence-electron chi connectivity index (χ2n) is 4.72. The molecule has 0 fully saturated rings. The number of benzene rings is 1. The summed E-state index contributed by atoms with van der Waals surface area (Å²) in [4.78, 5) is 3.98. The van der Waals surface area contributed by atoms with Gasteiger partial charge in [-0.25, -0.2) is 4.98 Å². The third-order valence-electron chi connectivity index (χ3n) is 3.46. The fourth-order valence-corrected chi connectivity index (χ4v) is 2.32. The molecule has 0 radical (unpaired) electrons. The van der Waals surface area contributed by atoms with E-state index in [0.717, 1.165) is 16.7 Å². The van der Waals surface area contributed by atoms with Crippen LogP contribution in [0.2, 0.25) is 0 Å². The summed E-state index contributed by atoms with van der Waals surface area (Å²) < 4.78 is 2.09. The van der Waals surface area contributed by atoms with E-state index in [-0.39, 0.29) is 0 Å². The molecule has 2 heterocycles. The zero-order chi connectivity index (χ0) is 14.1. The highest BCUT2D eigenvalue weighted by atomic mass is 14.9. The van der Waals surface area contributed by atoms with Gasteiger partial charge < -0.3 is 4.57 Å². The first-order valence-corrected chi connectivity index (χ1v) is 6.30. The van der Waals surface area contributed by atoms with Gasteiger partial charge in [0.1, 0.15) is 11.8 Å². The van der Waals surface area contributed by atoms with Crippen LogP contribution in [0.15, 0.2) is 55.4 Å². The van der Waals surface area contributed by atoms with E-state index in [1.165, 1.54) is 10.9 Å². The maximum absolute atomic E-state index is 8.91. The molecule has 0 amide bonds. The second-order valence-corrected chi connectivity index (χ2v) is 4.72. The molecule has 0 aliphatic carbocycles. The number of hydrogen-bond acceptors (Lipinski definition) is 2. The number of fused-ring (bicyclic) bond motifs is 1. The van der Waals surface area contributed by atoms with Gasteiger partial charge in [0, 0.05) is 30.3 Å². The van der Waals surface area contributed by atoms with Crippen molar-refractivity contribution in [2.45, 2.75) is 0 Å². The Morgan fingerprint density at radius 1 is 1.20 bits per heavy atom. The van der Waals surface area contributed by atoms with Crippen molar-refractivity contribution in [1.29, 1.82) is 5.26 Å². The van der Waals surface area contributed by atoms with E-state index in [1.54, 1.807) is 12.3 Å². The average molecular weight is 259 g/mol. The Hall–Kier alpha value is -2.86. The van der Waals surface area contributed by atoms with Crippen molar-refractivity contribution in [1.82, 2.24) is 9.55 Å². The van der Waals surface area contributed by atoms with Crippen molar-refractivity contribution >= 4 is 16.5 Å². The van der Waals surface area contributed by atoms with Gasteiger partial charge in [-0.2, -0.15) is 5.26 Å². The van der Waals surface area contributed by atoms with E-state index < -0.39 is 0 Å².